The number of benzene rings is 1. The Morgan fingerprint density at radius 1 is 1.33 bits per heavy atom. The second-order valence-electron chi connectivity index (χ2n) is 5.91. The summed E-state index contributed by atoms with van der Waals surface area (Å²) in [5, 5.41) is 5.69. The van der Waals surface area contributed by atoms with Crippen molar-refractivity contribution in [3.05, 3.63) is 36.2 Å². The molecule has 2 saturated heterocycles. The third kappa shape index (κ3) is 2.11. The molecule has 1 aromatic heterocycles. The van der Waals surface area contributed by atoms with E-state index in [0.717, 1.165) is 47.2 Å². The lowest BCUT2D eigenvalue weighted by atomic mass is 10.1. The molecule has 1 N–H and O–H groups in total. The molecule has 1 aromatic carbocycles. The second-order valence-corrected chi connectivity index (χ2v) is 7.31. The van der Waals surface area contributed by atoms with Gasteiger partial charge in [-0.15, -0.1) is 0 Å². The molecule has 2 aliphatic heterocycles. The molecule has 21 heavy (non-hydrogen) atoms. The second kappa shape index (κ2) is 5.16. The fourth-order valence-electron chi connectivity index (χ4n) is 3.67. The SMILES string of the molecule is Cc1cncc2cccc(S(=O)N3CCC4NCCC43)c12. The summed E-state index contributed by atoms with van der Waals surface area (Å²) in [7, 11) is -1.09. The first-order valence-corrected chi connectivity index (χ1v) is 8.61. The van der Waals surface area contributed by atoms with Crippen LogP contribution in [0, 0.1) is 6.92 Å². The van der Waals surface area contributed by atoms with Crippen molar-refractivity contribution < 1.29 is 4.21 Å². The zero-order chi connectivity index (χ0) is 14.4. The largest absolute Gasteiger partial charge is 0.312 e. The van der Waals surface area contributed by atoms with Crippen molar-refractivity contribution in [3.63, 3.8) is 0 Å². The van der Waals surface area contributed by atoms with E-state index in [2.05, 4.69) is 14.6 Å². The van der Waals surface area contributed by atoms with Gasteiger partial charge in [0.15, 0.2) is 0 Å². The van der Waals surface area contributed by atoms with Crippen LogP contribution in [0.5, 0.6) is 0 Å². The minimum absolute atomic E-state index is 0.420. The monoisotopic (exact) mass is 301 g/mol. The lowest BCUT2D eigenvalue weighted by molar-refractivity contribution is 0.413. The highest BCUT2D eigenvalue weighted by atomic mass is 32.2. The van der Waals surface area contributed by atoms with Crippen LogP contribution < -0.4 is 5.32 Å². The maximum Gasteiger partial charge on any atom is 0.128 e. The molecular formula is C16H19N3OS. The number of nitrogens with zero attached hydrogens (tertiary/aromatic N) is 2. The summed E-state index contributed by atoms with van der Waals surface area (Å²) < 4.78 is 15.3. The van der Waals surface area contributed by atoms with Crippen LogP contribution in [0.25, 0.3) is 10.8 Å². The third-order valence-electron chi connectivity index (χ3n) is 4.68. The highest BCUT2D eigenvalue weighted by molar-refractivity contribution is 7.83. The molecule has 4 nitrogen and oxygen atoms in total. The number of aryl methyl sites for hydroxylation is 1. The molecule has 2 aromatic rings. The summed E-state index contributed by atoms with van der Waals surface area (Å²) in [6, 6.07) is 6.97. The van der Waals surface area contributed by atoms with Gasteiger partial charge < -0.3 is 5.32 Å². The van der Waals surface area contributed by atoms with E-state index in [1.807, 2.05) is 37.5 Å². The smallest absolute Gasteiger partial charge is 0.128 e. The Hall–Kier alpha value is -1.30. The predicted octanol–water partition coefficient (Wildman–Crippen LogP) is 2.00. The number of aromatic nitrogens is 1. The number of rotatable bonds is 2. The summed E-state index contributed by atoms with van der Waals surface area (Å²) >= 11 is 0. The Bertz CT molecular complexity index is 712. The Morgan fingerprint density at radius 3 is 3.14 bits per heavy atom. The maximum atomic E-state index is 13.1. The van der Waals surface area contributed by atoms with E-state index < -0.39 is 11.0 Å². The Labute approximate surface area is 127 Å². The molecule has 0 aliphatic carbocycles. The topological polar surface area (TPSA) is 45.2 Å². The third-order valence-corrected chi connectivity index (χ3v) is 6.27. The van der Waals surface area contributed by atoms with Crippen LogP contribution in [0.1, 0.15) is 18.4 Å². The molecule has 110 valence electrons. The molecule has 0 bridgehead atoms. The highest BCUT2D eigenvalue weighted by Crippen LogP contribution is 2.32. The Morgan fingerprint density at radius 2 is 2.24 bits per heavy atom. The van der Waals surface area contributed by atoms with Gasteiger partial charge >= 0.3 is 0 Å². The van der Waals surface area contributed by atoms with Crippen LogP contribution in [0.2, 0.25) is 0 Å². The zero-order valence-electron chi connectivity index (χ0n) is 12.1. The molecule has 0 saturated carbocycles. The zero-order valence-corrected chi connectivity index (χ0v) is 12.9. The van der Waals surface area contributed by atoms with E-state index in [0.29, 0.717) is 12.1 Å². The van der Waals surface area contributed by atoms with Crippen molar-refractivity contribution in [1.29, 1.82) is 0 Å². The molecule has 4 rings (SSSR count). The lowest BCUT2D eigenvalue weighted by Crippen LogP contribution is -2.35. The first kappa shape index (κ1) is 13.4. The van der Waals surface area contributed by atoms with Gasteiger partial charge in [0.2, 0.25) is 0 Å². The Balaban J connectivity index is 1.78. The minimum Gasteiger partial charge on any atom is -0.312 e. The fraction of sp³-hybridized carbons (Fsp3) is 0.438. The molecule has 3 atom stereocenters. The van der Waals surface area contributed by atoms with Gasteiger partial charge in [-0.25, -0.2) is 8.51 Å². The summed E-state index contributed by atoms with van der Waals surface area (Å²) in [6.45, 7) is 4.00. The van der Waals surface area contributed by atoms with E-state index in [1.54, 1.807) is 0 Å². The van der Waals surface area contributed by atoms with Gasteiger partial charge in [-0.3, -0.25) is 4.98 Å². The maximum absolute atomic E-state index is 13.1. The van der Waals surface area contributed by atoms with Crippen molar-refractivity contribution in [2.45, 2.75) is 36.7 Å². The van der Waals surface area contributed by atoms with Crippen LogP contribution in [0.15, 0.2) is 35.5 Å². The van der Waals surface area contributed by atoms with Gasteiger partial charge in [0.1, 0.15) is 11.0 Å². The Kier molecular flexibility index (Phi) is 3.28. The summed E-state index contributed by atoms with van der Waals surface area (Å²) in [6.07, 6.45) is 5.91. The van der Waals surface area contributed by atoms with Crippen molar-refractivity contribution in [2.75, 3.05) is 13.1 Å². The van der Waals surface area contributed by atoms with Crippen molar-refractivity contribution in [1.82, 2.24) is 14.6 Å². The molecular weight excluding hydrogens is 282 g/mol. The molecule has 5 heteroatoms. The van der Waals surface area contributed by atoms with Gasteiger partial charge in [0, 0.05) is 41.8 Å². The molecule has 0 spiro atoms. The molecule has 3 unspecified atom stereocenters. The quantitative estimate of drug-likeness (QED) is 0.923. The first-order valence-electron chi connectivity index (χ1n) is 7.51. The average Bonchev–Trinajstić information content (AvgIpc) is 3.09. The van der Waals surface area contributed by atoms with Gasteiger partial charge in [-0.2, -0.15) is 0 Å². The molecule has 2 aliphatic rings. The standard InChI is InChI=1S/C16H19N3OS/c1-11-9-17-10-12-3-2-4-15(16(11)12)21(20)19-8-6-13-14(19)5-7-18-13/h2-4,9-10,13-14,18H,5-8H2,1H3. The summed E-state index contributed by atoms with van der Waals surface area (Å²) in [5.74, 6) is 0. The number of nitrogens with one attached hydrogen (secondary N) is 1. The summed E-state index contributed by atoms with van der Waals surface area (Å²) in [4.78, 5) is 5.17. The van der Waals surface area contributed by atoms with Crippen LogP contribution in [-0.4, -0.2) is 38.7 Å². The van der Waals surface area contributed by atoms with Gasteiger partial charge in [0.05, 0.1) is 4.90 Å². The molecule has 0 radical (unpaired) electrons. The molecule has 0 amide bonds. The van der Waals surface area contributed by atoms with Crippen LogP contribution in [0.3, 0.4) is 0 Å². The fourth-order valence-corrected chi connectivity index (χ4v) is 5.35. The first-order chi connectivity index (χ1) is 10.3. The number of hydrogen-bond donors (Lipinski definition) is 1. The number of pyridine rings is 1. The van der Waals surface area contributed by atoms with Crippen molar-refractivity contribution in [3.8, 4) is 0 Å². The normalized spacial score (nSPS) is 27.1. The number of fused-ring (bicyclic) bond motifs is 2. The molecule has 2 fully saturated rings. The van der Waals surface area contributed by atoms with Crippen molar-refractivity contribution in [2.24, 2.45) is 0 Å². The van der Waals surface area contributed by atoms with E-state index in [1.165, 1.54) is 0 Å². The van der Waals surface area contributed by atoms with Gasteiger partial charge in [-0.05, 0) is 37.9 Å². The van der Waals surface area contributed by atoms with E-state index in [-0.39, 0.29) is 0 Å². The van der Waals surface area contributed by atoms with Crippen LogP contribution in [0.4, 0.5) is 0 Å². The van der Waals surface area contributed by atoms with E-state index in [9.17, 15) is 4.21 Å². The summed E-state index contributed by atoms with van der Waals surface area (Å²) in [5.41, 5.74) is 1.09. The average molecular weight is 301 g/mol. The van der Waals surface area contributed by atoms with E-state index >= 15 is 0 Å². The van der Waals surface area contributed by atoms with Gasteiger partial charge in [-0.1, -0.05) is 12.1 Å². The molecule has 3 heterocycles. The van der Waals surface area contributed by atoms with Crippen LogP contribution in [-0.2, 0) is 11.0 Å². The predicted molar refractivity (Wildman–Crippen MR) is 84.4 cm³/mol. The highest BCUT2D eigenvalue weighted by Gasteiger charge is 2.40. The number of hydrogen-bond acceptors (Lipinski definition) is 3. The van der Waals surface area contributed by atoms with Crippen LogP contribution >= 0.6 is 0 Å². The lowest BCUT2D eigenvalue weighted by Gasteiger charge is -2.22. The van der Waals surface area contributed by atoms with E-state index in [4.69, 9.17) is 0 Å². The van der Waals surface area contributed by atoms with Crippen molar-refractivity contribution >= 4 is 21.8 Å². The minimum atomic E-state index is -1.09. The van der Waals surface area contributed by atoms with Gasteiger partial charge in [0.25, 0.3) is 0 Å².